The number of aromatic nitrogens is 2. The van der Waals surface area contributed by atoms with Crippen LogP contribution >= 0.6 is 0 Å². The molecule has 0 amide bonds. The lowest BCUT2D eigenvalue weighted by Gasteiger charge is -1.99. The quantitative estimate of drug-likeness (QED) is 0.640. The summed E-state index contributed by atoms with van der Waals surface area (Å²) < 4.78 is 1.93. The Kier molecular flexibility index (Phi) is 3.43. The average molecular weight is 178 g/mol. The molecule has 0 saturated heterocycles. The molecule has 0 aromatic carbocycles. The standard InChI is InChI=1S/C10H14N2O/c1-3-4-9(13)5-6-10-11-7-8-12(10)2/h3,7-8H,1,4-6H2,2H3. The molecule has 0 unspecified atom stereocenters. The molecule has 0 aliphatic rings. The van der Waals surface area contributed by atoms with Crippen LogP contribution in [0.3, 0.4) is 0 Å². The highest BCUT2D eigenvalue weighted by atomic mass is 16.1. The van der Waals surface area contributed by atoms with Crippen molar-refractivity contribution in [2.75, 3.05) is 0 Å². The highest BCUT2D eigenvalue weighted by Crippen LogP contribution is 2.01. The van der Waals surface area contributed by atoms with Crippen molar-refractivity contribution < 1.29 is 4.79 Å². The predicted molar refractivity (Wildman–Crippen MR) is 51.4 cm³/mol. The number of hydrogen-bond acceptors (Lipinski definition) is 2. The van der Waals surface area contributed by atoms with Crippen molar-refractivity contribution in [3.63, 3.8) is 0 Å². The third-order valence-electron chi connectivity index (χ3n) is 1.92. The number of carbonyl (C=O) groups is 1. The number of imidazole rings is 1. The van der Waals surface area contributed by atoms with Crippen LogP contribution in [-0.4, -0.2) is 15.3 Å². The van der Waals surface area contributed by atoms with E-state index in [1.807, 2.05) is 17.8 Å². The number of hydrogen-bond donors (Lipinski definition) is 0. The Bertz CT molecular complexity index is 302. The number of allylic oxidation sites excluding steroid dienone is 1. The second-order valence-corrected chi connectivity index (χ2v) is 2.99. The van der Waals surface area contributed by atoms with Crippen LogP contribution in [0.5, 0.6) is 0 Å². The zero-order valence-electron chi connectivity index (χ0n) is 7.86. The van der Waals surface area contributed by atoms with Crippen molar-refractivity contribution in [2.24, 2.45) is 7.05 Å². The van der Waals surface area contributed by atoms with Crippen molar-refractivity contribution >= 4 is 5.78 Å². The molecule has 0 saturated carbocycles. The van der Waals surface area contributed by atoms with Crippen LogP contribution in [0.15, 0.2) is 25.0 Å². The Morgan fingerprint density at radius 2 is 2.54 bits per heavy atom. The van der Waals surface area contributed by atoms with Gasteiger partial charge in [0, 0.05) is 38.7 Å². The average Bonchev–Trinajstić information content (AvgIpc) is 2.48. The maximum absolute atomic E-state index is 11.1. The van der Waals surface area contributed by atoms with Gasteiger partial charge in [-0.1, -0.05) is 6.08 Å². The summed E-state index contributed by atoms with van der Waals surface area (Å²) in [5.41, 5.74) is 0. The van der Waals surface area contributed by atoms with Crippen molar-refractivity contribution in [3.05, 3.63) is 30.9 Å². The summed E-state index contributed by atoms with van der Waals surface area (Å²) in [5, 5.41) is 0. The van der Waals surface area contributed by atoms with E-state index in [0.29, 0.717) is 12.8 Å². The first kappa shape index (κ1) is 9.71. The smallest absolute Gasteiger partial charge is 0.137 e. The van der Waals surface area contributed by atoms with Gasteiger partial charge in [-0.05, 0) is 0 Å². The number of Topliss-reactive ketones (excluding diaryl/α,β-unsaturated/α-hetero) is 1. The fraction of sp³-hybridized carbons (Fsp3) is 0.400. The fourth-order valence-electron chi connectivity index (χ4n) is 1.15. The molecule has 0 fully saturated rings. The molecule has 1 aromatic rings. The van der Waals surface area contributed by atoms with Gasteiger partial charge in [-0.25, -0.2) is 4.98 Å². The maximum Gasteiger partial charge on any atom is 0.137 e. The summed E-state index contributed by atoms with van der Waals surface area (Å²) in [7, 11) is 1.93. The molecular formula is C10H14N2O. The van der Waals surface area contributed by atoms with E-state index in [1.54, 1.807) is 12.3 Å². The van der Waals surface area contributed by atoms with E-state index in [1.165, 1.54) is 0 Å². The monoisotopic (exact) mass is 178 g/mol. The number of carbonyl (C=O) groups excluding carboxylic acids is 1. The minimum absolute atomic E-state index is 0.220. The van der Waals surface area contributed by atoms with E-state index in [4.69, 9.17) is 0 Å². The molecule has 0 radical (unpaired) electrons. The Hall–Kier alpha value is -1.38. The molecule has 0 aliphatic carbocycles. The van der Waals surface area contributed by atoms with Gasteiger partial charge in [0.1, 0.15) is 11.6 Å². The van der Waals surface area contributed by atoms with Crippen LogP contribution in [-0.2, 0) is 18.3 Å². The second kappa shape index (κ2) is 4.60. The summed E-state index contributed by atoms with van der Waals surface area (Å²) in [5.74, 6) is 1.18. The topological polar surface area (TPSA) is 34.9 Å². The summed E-state index contributed by atoms with van der Waals surface area (Å²) >= 11 is 0. The zero-order valence-corrected chi connectivity index (χ0v) is 7.86. The van der Waals surface area contributed by atoms with E-state index >= 15 is 0 Å². The second-order valence-electron chi connectivity index (χ2n) is 2.99. The van der Waals surface area contributed by atoms with Crippen molar-refractivity contribution in [3.8, 4) is 0 Å². The van der Waals surface area contributed by atoms with E-state index in [0.717, 1.165) is 12.2 Å². The molecule has 70 valence electrons. The lowest BCUT2D eigenvalue weighted by molar-refractivity contribution is -0.118. The number of aryl methyl sites for hydroxylation is 2. The van der Waals surface area contributed by atoms with E-state index in [-0.39, 0.29) is 5.78 Å². The molecule has 3 nitrogen and oxygen atoms in total. The third-order valence-corrected chi connectivity index (χ3v) is 1.92. The van der Waals surface area contributed by atoms with Gasteiger partial charge in [0.25, 0.3) is 0 Å². The molecule has 3 heteroatoms. The van der Waals surface area contributed by atoms with Crippen molar-refractivity contribution in [1.29, 1.82) is 0 Å². The Labute approximate surface area is 78.1 Å². The third kappa shape index (κ3) is 2.86. The molecule has 1 rings (SSSR count). The highest BCUT2D eigenvalue weighted by Gasteiger charge is 2.03. The van der Waals surface area contributed by atoms with Gasteiger partial charge in [-0.3, -0.25) is 4.79 Å². The van der Waals surface area contributed by atoms with Crippen molar-refractivity contribution in [2.45, 2.75) is 19.3 Å². The highest BCUT2D eigenvalue weighted by molar-refractivity contribution is 5.79. The summed E-state index contributed by atoms with van der Waals surface area (Å²) in [6, 6.07) is 0. The van der Waals surface area contributed by atoms with Crippen LogP contribution in [0.25, 0.3) is 0 Å². The van der Waals surface area contributed by atoms with Gasteiger partial charge in [0.15, 0.2) is 0 Å². The van der Waals surface area contributed by atoms with E-state index < -0.39 is 0 Å². The van der Waals surface area contributed by atoms with Gasteiger partial charge in [0.05, 0.1) is 0 Å². The van der Waals surface area contributed by atoms with Gasteiger partial charge in [-0.15, -0.1) is 6.58 Å². The minimum atomic E-state index is 0.220. The van der Waals surface area contributed by atoms with Gasteiger partial charge >= 0.3 is 0 Å². The van der Waals surface area contributed by atoms with Crippen LogP contribution in [0.2, 0.25) is 0 Å². The molecule has 0 N–H and O–H groups in total. The lowest BCUT2D eigenvalue weighted by atomic mass is 10.1. The normalized spacial score (nSPS) is 9.92. The Morgan fingerprint density at radius 1 is 1.77 bits per heavy atom. The van der Waals surface area contributed by atoms with Crippen LogP contribution in [0.1, 0.15) is 18.7 Å². The molecule has 0 aliphatic heterocycles. The molecule has 0 atom stereocenters. The Balaban J connectivity index is 2.39. The summed E-state index contributed by atoms with van der Waals surface area (Å²) in [4.78, 5) is 15.3. The zero-order chi connectivity index (χ0) is 9.68. The molecule has 0 spiro atoms. The lowest BCUT2D eigenvalue weighted by Crippen LogP contribution is -2.03. The Morgan fingerprint density at radius 3 is 3.08 bits per heavy atom. The predicted octanol–water partition coefficient (Wildman–Crippen LogP) is 1.50. The number of nitrogens with zero attached hydrogens (tertiary/aromatic N) is 2. The molecule has 0 bridgehead atoms. The van der Waals surface area contributed by atoms with Crippen LogP contribution in [0, 0.1) is 0 Å². The van der Waals surface area contributed by atoms with Crippen molar-refractivity contribution in [1.82, 2.24) is 9.55 Å². The van der Waals surface area contributed by atoms with Gasteiger partial charge in [-0.2, -0.15) is 0 Å². The number of ketones is 1. The van der Waals surface area contributed by atoms with Crippen LogP contribution in [0.4, 0.5) is 0 Å². The first-order valence-electron chi connectivity index (χ1n) is 4.33. The fourth-order valence-corrected chi connectivity index (χ4v) is 1.15. The largest absolute Gasteiger partial charge is 0.338 e. The SMILES string of the molecule is C=CCC(=O)CCc1nccn1C. The van der Waals surface area contributed by atoms with Crippen LogP contribution < -0.4 is 0 Å². The first-order valence-corrected chi connectivity index (χ1v) is 4.33. The van der Waals surface area contributed by atoms with Gasteiger partial charge < -0.3 is 4.57 Å². The molecule has 13 heavy (non-hydrogen) atoms. The number of rotatable bonds is 5. The summed E-state index contributed by atoms with van der Waals surface area (Å²) in [6.07, 6.45) is 7.00. The first-order chi connectivity index (χ1) is 6.24. The molecule has 1 heterocycles. The van der Waals surface area contributed by atoms with E-state index in [2.05, 4.69) is 11.6 Å². The molecule has 1 aromatic heterocycles. The maximum atomic E-state index is 11.1. The van der Waals surface area contributed by atoms with Gasteiger partial charge in [0.2, 0.25) is 0 Å². The van der Waals surface area contributed by atoms with E-state index in [9.17, 15) is 4.79 Å². The molecular weight excluding hydrogens is 164 g/mol. The minimum Gasteiger partial charge on any atom is -0.338 e. The summed E-state index contributed by atoms with van der Waals surface area (Å²) in [6.45, 7) is 3.52.